The molecule has 0 aliphatic carbocycles. The summed E-state index contributed by atoms with van der Waals surface area (Å²) in [5.74, 6) is 0.149. The number of nitrogens with zero attached hydrogens (tertiary/aromatic N) is 3. The fraction of sp³-hybridized carbons (Fsp3) is 0.450. The number of piperidine rings is 1. The number of aryl methyl sites for hydroxylation is 1. The van der Waals surface area contributed by atoms with Crippen molar-refractivity contribution in [3.05, 3.63) is 36.0 Å². The highest BCUT2D eigenvalue weighted by Crippen LogP contribution is 2.31. The number of carbonyl (C=O) groups is 1. The van der Waals surface area contributed by atoms with Crippen LogP contribution >= 0.6 is 0 Å². The van der Waals surface area contributed by atoms with Crippen LogP contribution in [0.5, 0.6) is 0 Å². The van der Waals surface area contributed by atoms with E-state index in [1.165, 1.54) is 17.3 Å². The summed E-state index contributed by atoms with van der Waals surface area (Å²) in [7, 11) is 3.77. The lowest BCUT2D eigenvalue weighted by molar-refractivity contribution is 0.0711. The number of methoxy groups -OCH3 is 1. The number of aromatic nitrogens is 2. The van der Waals surface area contributed by atoms with Gasteiger partial charge in [-0.2, -0.15) is 0 Å². The lowest BCUT2D eigenvalue weighted by atomic mass is 10.1. The van der Waals surface area contributed by atoms with Crippen molar-refractivity contribution in [2.75, 3.05) is 26.8 Å². The Labute approximate surface area is 147 Å². The van der Waals surface area contributed by atoms with Gasteiger partial charge in [-0.25, -0.2) is 0 Å². The Hall–Kier alpha value is -2.27. The van der Waals surface area contributed by atoms with Gasteiger partial charge in [0.25, 0.3) is 5.91 Å². The molecule has 3 aromatic rings. The number of hydrogen-bond donors (Lipinski definition) is 0. The maximum absolute atomic E-state index is 13.2. The number of carbonyl (C=O) groups excluding carboxylic acids is 1. The van der Waals surface area contributed by atoms with Crippen molar-refractivity contribution in [3.8, 4) is 0 Å². The summed E-state index contributed by atoms with van der Waals surface area (Å²) in [6.07, 6.45) is 3.43. The standard InChI is InChI=1S/C20H25N3O2/c1-21-16-9-5-4-8-15(16)19-17(21)14-18(23(19)12-13-25-2)20(24)22-10-6-3-7-11-22/h4-5,8-9,14H,3,6-7,10-13H2,1-2H3. The first-order valence-corrected chi connectivity index (χ1v) is 9.07. The summed E-state index contributed by atoms with van der Waals surface area (Å²) in [4.78, 5) is 15.2. The molecule has 0 spiro atoms. The van der Waals surface area contributed by atoms with E-state index in [1.54, 1.807) is 7.11 Å². The average molecular weight is 339 g/mol. The second-order valence-corrected chi connectivity index (χ2v) is 6.84. The summed E-state index contributed by atoms with van der Waals surface area (Å²) in [5.41, 5.74) is 4.22. The minimum atomic E-state index is 0.149. The zero-order valence-corrected chi connectivity index (χ0v) is 15.0. The third-order valence-corrected chi connectivity index (χ3v) is 5.34. The van der Waals surface area contributed by atoms with Crippen molar-refractivity contribution in [2.45, 2.75) is 25.8 Å². The molecule has 25 heavy (non-hydrogen) atoms. The van der Waals surface area contributed by atoms with Crippen molar-refractivity contribution >= 4 is 27.8 Å². The SMILES string of the molecule is COCCn1c(C(=O)N2CCCCC2)cc2c1c1ccccc1n2C. The fourth-order valence-electron chi connectivity index (χ4n) is 4.02. The number of hydrogen-bond acceptors (Lipinski definition) is 2. The number of ether oxygens (including phenoxy) is 1. The zero-order chi connectivity index (χ0) is 17.4. The molecular weight excluding hydrogens is 314 g/mol. The fourth-order valence-corrected chi connectivity index (χ4v) is 4.02. The molecule has 1 aliphatic heterocycles. The third kappa shape index (κ3) is 2.63. The molecular formula is C20H25N3O2. The van der Waals surface area contributed by atoms with Gasteiger partial charge in [-0.1, -0.05) is 18.2 Å². The summed E-state index contributed by atoms with van der Waals surface area (Å²) >= 11 is 0. The molecule has 1 fully saturated rings. The Morgan fingerprint density at radius 2 is 1.88 bits per heavy atom. The van der Waals surface area contributed by atoms with Gasteiger partial charge in [0.05, 0.1) is 23.2 Å². The van der Waals surface area contributed by atoms with Gasteiger partial charge in [-0.15, -0.1) is 0 Å². The topological polar surface area (TPSA) is 39.4 Å². The van der Waals surface area contributed by atoms with Crippen LogP contribution in [-0.2, 0) is 18.3 Å². The first-order valence-electron chi connectivity index (χ1n) is 9.07. The van der Waals surface area contributed by atoms with Crippen molar-refractivity contribution in [2.24, 2.45) is 7.05 Å². The predicted molar refractivity (Wildman–Crippen MR) is 100 cm³/mol. The predicted octanol–water partition coefficient (Wildman–Crippen LogP) is 3.41. The van der Waals surface area contributed by atoms with Crippen LogP contribution in [0.3, 0.4) is 0 Å². The van der Waals surface area contributed by atoms with Crippen LogP contribution < -0.4 is 0 Å². The largest absolute Gasteiger partial charge is 0.383 e. The van der Waals surface area contributed by atoms with E-state index < -0.39 is 0 Å². The first kappa shape index (κ1) is 16.2. The van der Waals surface area contributed by atoms with Gasteiger partial charge < -0.3 is 18.8 Å². The maximum Gasteiger partial charge on any atom is 0.270 e. The average Bonchev–Trinajstić information content (AvgIpc) is 3.17. The van der Waals surface area contributed by atoms with Crippen LogP contribution in [0.2, 0.25) is 0 Å². The lowest BCUT2D eigenvalue weighted by Crippen LogP contribution is -2.36. The number of fused-ring (bicyclic) bond motifs is 3. The molecule has 4 rings (SSSR count). The van der Waals surface area contributed by atoms with Gasteiger partial charge in [0.15, 0.2) is 0 Å². The highest BCUT2D eigenvalue weighted by atomic mass is 16.5. The Morgan fingerprint density at radius 1 is 1.12 bits per heavy atom. The molecule has 3 heterocycles. The Bertz CT molecular complexity index is 916. The number of rotatable bonds is 4. The van der Waals surface area contributed by atoms with Gasteiger partial charge in [-0.3, -0.25) is 4.79 Å². The minimum Gasteiger partial charge on any atom is -0.383 e. The van der Waals surface area contributed by atoms with Gasteiger partial charge in [-0.05, 0) is 31.4 Å². The van der Waals surface area contributed by atoms with Crippen molar-refractivity contribution in [1.29, 1.82) is 0 Å². The monoisotopic (exact) mass is 339 g/mol. The molecule has 0 atom stereocenters. The Kier molecular flexibility index (Phi) is 4.25. The number of amides is 1. The smallest absolute Gasteiger partial charge is 0.270 e. The number of para-hydroxylation sites is 1. The zero-order valence-electron chi connectivity index (χ0n) is 15.0. The number of likely N-dealkylation sites (tertiary alicyclic amines) is 1. The molecule has 1 aliphatic rings. The third-order valence-electron chi connectivity index (χ3n) is 5.34. The van der Waals surface area contributed by atoms with Crippen LogP contribution in [0.1, 0.15) is 29.8 Å². The van der Waals surface area contributed by atoms with Crippen LogP contribution in [-0.4, -0.2) is 46.7 Å². The van der Waals surface area contributed by atoms with Crippen LogP contribution in [0.4, 0.5) is 0 Å². The van der Waals surface area contributed by atoms with Crippen LogP contribution in [0.25, 0.3) is 21.9 Å². The maximum atomic E-state index is 13.2. The molecule has 0 saturated carbocycles. The minimum absolute atomic E-state index is 0.149. The molecule has 132 valence electrons. The second kappa shape index (κ2) is 6.56. The first-order chi connectivity index (χ1) is 12.2. The van der Waals surface area contributed by atoms with Crippen LogP contribution in [0, 0.1) is 0 Å². The van der Waals surface area contributed by atoms with Crippen molar-refractivity contribution in [3.63, 3.8) is 0 Å². The summed E-state index contributed by atoms with van der Waals surface area (Å²) in [6, 6.07) is 10.4. The van der Waals surface area contributed by atoms with Crippen molar-refractivity contribution in [1.82, 2.24) is 14.0 Å². The molecule has 0 N–H and O–H groups in total. The molecule has 1 saturated heterocycles. The van der Waals surface area contributed by atoms with Gasteiger partial charge >= 0.3 is 0 Å². The molecule has 0 bridgehead atoms. The van der Waals surface area contributed by atoms with Crippen molar-refractivity contribution < 1.29 is 9.53 Å². The Morgan fingerprint density at radius 3 is 2.64 bits per heavy atom. The van der Waals surface area contributed by atoms with Gasteiger partial charge in [0, 0.05) is 39.2 Å². The molecule has 5 nitrogen and oxygen atoms in total. The van der Waals surface area contributed by atoms with Gasteiger partial charge in [0.2, 0.25) is 0 Å². The van der Waals surface area contributed by atoms with E-state index in [1.807, 2.05) is 4.90 Å². The van der Waals surface area contributed by atoms with E-state index >= 15 is 0 Å². The van der Waals surface area contributed by atoms with E-state index in [4.69, 9.17) is 4.74 Å². The van der Waals surface area contributed by atoms with E-state index in [0.29, 0.717) is 13.2 Å². The lowest BCUT2D eigenvalue weighted by Gasteiger charge is -2.27. The van der Waals surface area contributed by atoms with Gasteiger partial charge in [0.1, 0.15) is 5.69 Å². The van der Waals surface area contributed by atoms with Crippen LogP contribution in [0.15, 0.2) is 30.3 Å². The molecule has 1 amide bonds. The molecule has 0 unspecified atom stereocenters. The van der Waals surface area contributed by atoms with E-state index in [-0.39, 0.29) is 5.91 Å². The summed E-state index contributed by atoms with van der Waals surface area (Å²) in [6.45, 7) is 3.01. The summed E-state index contributed by atoms with van der Waals surface area (Å²) in [5, 5.41) is 1.19. The summed E-state index contributed by atoms with van der Waals surface area (Å²) < 4.78 is 9.64. The molecule has 0 radical (unpaired) electrons. The molecule has 2 aromatic heterocycles. The van der Waals surface area contributed by atoms with E-state index in [9.17, 15) is 4.79 Å². The highest BCUT2D eigenvalue weighted by Gasteiger charge is 2.25. The Balaban J connectivity index is 1.88. The number of benzene rings is 1. The second-order valence-electron chi connectivity index (χ2n) is 6.84. The van der Waals surface area contributed by atoms with E-state index in [0.717, 1.165) is 42.7 Å². The normalized spacial score (nSPS) is 15.4. The molecule has 5 heteroatoms. The molecule has 1 aromatic carbocycles. The highest BCUT2D eigenvalue weighted by molar-refractivity contribution is 6.10. The quantitative estimate of drug-likeness (QED) is 0.731. The van der Waals surface area contributed by atoms with E-state index in [2.05, 4.69) is 46.5 Å².